The number of nitrogens with zero attached hydrogens (tertiary/aromatic N) is 1. The Morgan fingerprint density at radius 3 is 2.67 bits per heavy atom. The van der Waals surface area contributed by atoms with E-state index in [1.165, 1.54) is 7.11 Å². The number of aliphatic imine (C=N–C) groups is 1. The van der Waals surface area contributed by atoms with Crippen LogP contribution in [-0.2, 0) is 16.0 Å². The maximum atomic E-state index is 11.6. The van der Waals surface area contributed by atoms with E-state index in [1.807, 2.05) is 12.1 Å². The van der Waals surface area contributed by atoms with E-state index < -0.39 is 0 Å². The van der Waals surface area contributed by atoms with Gasteiger partial charge in [0.05, 0.1) is 12.7 Å². The number of Topliss-reactive ketones (excluding diaryl/α,β-unsaturated/α-hetero) is 1. The highest BCUT2D eigenvalue weighted by Gasteiger charge is 2.12. The number of ketones is 1. The fourth-order valence-electron chi connectivity index (χ4n) is 1.73. The van der Waals surface area contributed by atoms with Crippen LogP contribution >= 0.6 is 0 Å². The van der Waals surface area contributed by atoms with Crippen molar-refractivity contribution in [1.29, 1.82) is 0 Å². The van der Waals surface area contributed by atoms with Crippen molar-refractivity contribution in [2.75, 3.05) is 13.7 Å². The van der Waals surface area contributed by atoms with Crippen LogP contribution < -0.4 is 0 Å². The third kappa shape index (κ3) is 2.71. The van der Waals surface area contributed by atoms with Gasteiger partial charge in [-0.25, -0.2) is 4.79 Å². The predicted molar refractivity (Wildman–Crippen MR) is 67.9 cm³/mol. The van der Waals surface area contributed by atoms with Gasteiger partial charge in [-0.15, -0.1) is 0 Å². The van der Waals surface area contributed by atoms with Gasteiger partial charge in [0, 0.05) is 18.2 Å². The van der Waals surface area contributed by atoms with E-state index >= 15 is 0 Å². The maximum Gasteiger partial charge on any atom is 0.337 e. The zero-order valence-electron chi connectivity index (χ0n) is 10.1. The summed E-state index contributed by atoms with van der Waals surface area (Å²) in [7, 11) is 1.35. The van der Waals surface area contributed by atoms with Gasteiger partial charge < -0.3 is 4.74 Å². The van der Waals surface area contributed by atoms with Crippen LogP contribution in [0, 0.1) is 0 Å². The molecule has 0 saturated heterocycles. The van der Waals surface area contributed by atoms with E-state index in [0.717, 1.165) is 11.1 Å². The Balaban J connectivity index is 2.11. The lowest BCUT2D eigenvalue weighted by atomic mass is 9.99. The van der Waals surface area contributed by atoms with Gasteiger partial charge in [-0.1, -0.05) is 12.1 Å². The molecule has 0 N–H and O–H groups in total. The number of esters is 1. The highest BCUT2D eigenvalue weighted by molar-refractivity contribution is 6.03. The first-order chi connectivity index (χ1) is 8.70. The number of ether oxygens (including phenoxy) is 1. The van der Waals surface area contributed by atoms with Crippen LogP contribution in [0.1, 0.15) is 15.9 Å². The van der Waals surface area contributed by atoms with E-state index in [9.17, 15) is 9.59 Å². The van der Waals surface area contributed by atoms with Gasteiger partial charge in [0.2, 0.25) is 0 Å². The lowest BCUT2D eigenvalue weighted by Gasteiger charge is -2.08. The number of benzene rings is 1. The molecule has 1 aromatic carbocycles. The summed E-state index contributed by atoms with van der Waals surface area (Å²) in [6.07, 6.45) is 3.95. The number of rotatable bonds is 3. The monoisotopic (exact) mass is 243 g/mol. The second-order valence-electron chi connectivity index (χ2n) is 3.97. The van der Waals surface area contributed by atoms with Crippen molar-refractivity contribution in [3.63, 3.8) is 0 Å². The fourth-order valence-corrected chi connectivity index (χ4v) is 1.73. The largest absolute Gasteiger partial charge is 0.465 e. The second kappa shape index (κ2) is 5.40. The Kier molecular flexibility index (Phi) is 3.67. The van der Waals surface area contributed by atoms with Crippen LogP contribution in [0.3, 0.4) is 0 Å². The molecule has 0 aromatic heterocycles. The molecule has 0 saturated carbocycles. The number of carbonyl (C=O) groups excluding carboxylic acids is 2. The summed E-state index contributed by atoms with van der Waals surface area (Å²) in [5.74, 6) is -0.309. The number of hydrogen-bond acceptors (Lipinski definition) is 4. The van der Waals surface area contributed by atoms with Crippen LogP contribution in [0.2, 0.25) is 0 Å². The first-order valence-corrected chi connectivity index (χ1v) is 5.60. The van der Waals surface area contributed by atoms with Crippen molar-refractivity contribution in [3.05, 3.63) is 47.0 Å². The molecule has 0 amide bonds. The van der Waals surface area contributed by atoms with Gasteiger partial charge in [-0.2, -0.15) is 0 Å². The van der Waals surface area contributed by atoms with E-state index in [0.29, 0.717) is 12.0 Å². The summed E-state index contributed by atoms with van der Waals surface area (Å²) < 4.78 is 4.62. The molecule has 0 atom stereocenters. The molecule has 4 heteroatoms. The van der Waals surface area contributed by atoms with Crippen molar-refractivity contribution in [2.24, 2.45) is 4.99 Å². The van der Waals surface area contributed by atoms with E-state index in [4.69, 9.17) is 0 Å². The number of methoxy groups -OCH3 is 1. The van der Waals surface area contributed by atoms with Crippen molar-refractivity contribution < 1.29 is 14.3 Å². The van der Waals surface area contributed by atoms with Crippen molar-refractivity contribution in [3.8, 4) is 0 Å². The molecule has 1 heterocycles. The Morgan fingerprint density at radius 2 is 2.06 bits per heavy atom. The number of hydrogen-bond donors (Lipinski definition) is 0. The van der Waals surface area contributed by atoms with E-state index in [2.05, 4.69) is 9.73 Å². The van der Waals surface area contributed by atoms with Gasteiger partial charge in [0.1, 0.15) is 6.54 Å². The lowest BCUT2D eigenvalue weighted by molar-refractivity contribution is -0.114. The van der Waals surface area contributed by atoms with Crippen molar-refractivity contribution >= 4 is 18.0 Å². The Bertz CT molecular complexity index is 526. The quantitative estimate of drug-likeness (QED) is 0.757. The predicted octanol–water partition coefficient (Wildman–Crippen LogP) is 1.60. The minimum absolute atomic E-state index is 0.0505. The highest BCUT2D eigenvalue weighted by Crippen LogP contribution is 2.12. The first kappa shape index (κ1) is 12.2. The topological polar surface area (TPSA) is 55.7 Å². The fraction of sp³-hybridized carbons (Fsp3) is 0.214. The minimum Gasteiger partial charge on any atom is -0.465 e. The van der Waals surface area contributed by atoms with Crippen LogP contribution in [0.25, 0.3) is 0 Å². The SMILES string of the molecule is COC(=O)c1ccc(CC2=CC=NCC2=O)cc1. The molecule has 4 nitrogen and oxygen atoms in total. The zero-order valence-corrected chi connectivity index (χ0v) is 10.1. The molecular formula is C14H13NO3. The molecule has 0 unspecified atom stereocenters. The van der Waals surface area contributed by atoms with E-state index in [1.54, 1.807) is 24.4 Å². The average molecular weight is 243 g/mol. The van der Waals surface area contributed by atoms with Gasteiger partial charge in [0.15, 0.2) is 5.78 Å². The molecule has 0 radical (unpaired) electrons. The molecule has 92 valence electrons. The zero-order chi connectivity index (χ0) is 13.0. The molecule has 0 spiro atoms. The third-order valence-electron chi connectivity index (χ3n) is 2.74. The molecule has 0 fully saturated rings. The van der Waals surface area contributed by atoms with Crippen LogP contribution in [0.5, 0.6) is 0 Å². The van der Waals surface area contributed by atoms with Crippen LogP contribution in [0.4, 0.5) is 0 Å². The lowest BCUT2D eigenvalue weighted by Crippen LogP contribution is -2.12. The molecule has 1 aromatic rings. The van der Waals surface area contributed by atoms with E-state index in [-0.39, 0.29) is 18.3 Å². The third-order valence-corrected chi connectivity index (χ3v) is 2.74. The number of dihydropyridines is 1. The van der Waals surface area contributed by atoms with Crippen molar-refractivity contribution in [1.82, 2.24) is 0 Å². The number of carbonyl (C=O) groups is 2. The Hall–Kier alpha value is -2.23. The highest BCUT2D eigenvalue weighted by atomic mass is 16.5. The van der Waals surface area contributed by atoms with Crippen molar-refractivity contribution in [2.45, 2.75) is 6.42 Å². The van der Waals surface area contributed by atoms with Crippen LogP contribution in [0.15, 0.2) is 40.9 Å². The van der Waals surface area contributed by atoms with Gasteiger partial charge in [-0.3, -0.25) is 9.79 Å². The summed E-state index contributed by atoms with van der Waals surface area (Å²) in [6.45, 7) is 0.228. The Morgan fingerprint density at radius 1 is 1.33 bits per heavy atom. The number of allylic oxidation sites excluding steroid dienone is 1. The summed E-state index contributed by atoms with van der Waals surface area (Å²) in [6, 6.07) is 7.05. The van der Waals surface area contributed by atoms with Gasteiger partial charge >= 0.3 is 5.97 Å². The standard InChI is InChI=1S/C14H13NO3/c1-18-14(17)11-4-2-10(3-5-11)8-12-6-7-15-9-13(12)16/h2-7H,8-9H2,1H3. The summed E-state index contributed by atoms with van der Waals surface area (Å²) in [5.41, 5.74) is 2.24. The molecule has 1 aliphatic heterocycles. The molecule has 2 rings (SSSR count). The summed E-state index contributed by atoms with van der Waals surface area (Å²) in [4.78, 5) is 26.7. The van der Waals surface area contributed by atoms with Gasteiger partial charge in [-0.05, 0) is 23.8 Å². The smallest absolute Gasteiger partial charge is 0.337 e. The summed E-state index contributed by atoms with van der Waals surface area (Å²) in [5, 5.41) is 0. The average Bonchev–Trinajstić information content (AvgIpc) is 2.41. The maximum absolute atomic E-state index is 11.6. The first-order valence-electron chi connectivity index (χ1n) is 5.60. The molecule has 1 aliphatic rings. The second-order valence-corrected chi connectivity index (χ2v) is 3.97. The Labute approximate surface area is 105 Å². The van der Waals surface area contributed by atoms with Gasteiger partial charge in [0.25, 0.3) is 0 Å². The molecular weight excluding hydrogens is 230 g/mol. The summed E-state index contributed by atoms with van der Waals surface area (Å²) >= 11 is 0. The molecule has 0 bridgehead atoms. The molecule has 0 aliphatic carbocycles. The minimum atomic E-state index is -0.360. The molecule has 18 heavy (non-hydrogen) atoms. The van der Waals surface area contributed by atoms with Crippen LogP contribution in [-0.4, -0.2) is 31.6 Å². The normalized spacial score (nSPS) is 14.3.